The van der Waals surface area contributed by atoms with Gasteiger partial charge in [0.15, 0.2) is 0 Å². The van der Waals surface area contributed by atoms with Crippen molar-refractivity contribution in [3.63, 3.8) is 0 Å². The summed E-state index contributed by atoms with van der Waals surface area (Å²) in [4.78, 5) is 11.0. The van der Waals surface area contributed by atoms with Crippen LogP contribution in [0.3, 0.4) is 0 Å². The summed E-state index contributed by atoms with van der Waals surface area (Å²) in [7, 11) is 0. The zero-order valence-corrected chi connectivity index (χ0v) is 17.0. The highest BCUT2D eigenvalue weighted by Crippen LogP contribution is 2.23. The van der Waals surface area contributed by atoms with Crippen molar-refractivity contribution in [3.05, 3.63) is 52.0 Å². The summed E-state index contributed by atoms with van der Waals surface area (Å²) in [6, 6.07) is 8.44. The van der Waals surface area contributed by atoms with Crippen LogP contribution in [0.25, 0.3) is 0 Å². The molecule has 0 amide bonds. The molecule has 0 atom stereocenters. The molecule has 27 heavy (non-hydrogen) atoms. The monoisotopic (exact) mass is 385 g/mol. The van der Waals surface area contributed by atoms with Gasteiger partial charge in [-0.05, 0) is 67.9 Å². The third-order valence-corrected chi connectivity index (χ3v) is 6.64. The first kappa shape index (κ1) is 19.1. The van der Waals surface area contributed by atoms with Crippen LogP contribution in [0.4, 0.5) is 0 Å². The zero-order valence-electron chi connectivity index (χ0n) is 16.2. The lowest BCUT2D eigenvalue weighted by Crippen LogP contribution is -2.36. The molecule has 2 saturated heterocycles. The predicted octanol–water partition coefficient (Wildman–Crippen LogP) is 4.31. The van der Waals surface area contributed by atoms with Gasteiger partial charge in [-0.15, -0.1) is 11.3 Å². The number of aromatic nitrogens is 1. The van der Waals surface area contributed by atoms with Crippen LogP contribution in [0.2, 0.25) is 0 Å². The van der Waals surface area contributed by atoms with E-state index in [2.05, 4.69) is 26.2 Å². The van der Waals surface area contributed by atoms with Crippen LogP contribution in [0.15, 0.2) is 35.8 Å². The van der Waals surface area contributed by atoms with Crippen molar-refractivity contribution in [2.24, 2.45) is 0 Å². The first-order chi connectivity index (χ1) is 13.3. The van der Waals surface area contributed by atoms with Gasteiger partial charge in [0.05, 0.1) is 18.4 Å². The number of nitrogens with zero attached hydrogens (tertiary/aromatic N) is 3. The van der Waals surface area contributed by atoms with Gasteiger partial charge >= 0.3 is 0 Å². The second-order valence-corrected chi connectivity index (χ2v) is 8.86. The lowest BCUT2D eigenvalue weighted by Gasteiger charge is -2.31. The van der Waals surface area contributed by atoms with Crippen LogP contribution in [-0.2, 0) is 24.4 Å². The molecule has 0 radical (unpaired) electrons. The summed E-state index contributed by atoms with van der Waals surface area (Å²) in [5.74, 6) is 0. The Morgan fingerprint density at radius 1 is 1.00 bits per heavy atom. The molecule has 4 nitrogen and oxygen atoms in total. The SMILES string of the molecule is c1ccc(COC2CCN(Cc3cc(CN4CCCCC4)cs3)CC2)nc1. The van der Waals surface area contributed by atoms with Gasteiger partial charge in [0.2, 0.25) is 0 Å². The molecule has 2 aliphatic heterocycles. The van der Waals surface area contributed by atoms with E-state index in [1.165, 1.54) is 42.8 Å². The summed E-state index contributed by atoms with van der Waals surface area (Å²) in [5.41, 5.74) is 2.53. The van der Waals surface area contributed by atoms with E-state index in [4.69, 9.17) is 4.74 Å². The highest BCUT2D eigenvalue weighted by atomic mass is 32.1. The van der Waals surface area contributed by atoms with Crippen molar-refractivity contribution in [2.45, 2.75) is 57.9 Å². The van der Waals surface area contributed by atoms with Gasteiger partial charge < -0.3 is 4.74 Å². The second kappa shape index (κ2) is 9.78. The van der Waals surface area contributed by atoms with E-state index >= 15 is 0 Å². The smallest absolute Gasteiger partial charge is 0.0891 e. The van der Waals surface area contributed by atoms with Crippen molar-refractivity contribution < 1.29 is 4.74 Å². The number of pyridine rings is 1. The molecule has 0 aliphatic carbocycles. The highest BCUT2D eigenvalue weighted by Gasteiger charge is 2.20. The van der Waals surface area contributed by atoms with Gasteiger partial charge in [0, 0.05) is 37.3 Å². The van der Waals surface area contributed by atoms with Crippen molar-refractivity contribution in [2.75, 3.05) is 26.2 Å². The zero-order chi connectivity index (χ0) is 18.3. The minimum atomic E-state index is 0.376. The van der Waals surface area contributed by atoms with E-state index in [1.807, 2.05) is 35.7 Å². The first-order valence-corrected chi connectivity index (χ1v) is 11.3. The van der Waals surface area contributed by atoms with Gasteiger partial charge in [-0.1, -0.05) is 12.5 Å². The Labute approximate surface area is 167 Å². The van der Waals surface area contributed by atoms with Gasteiger partial charge in [-0.25, -0.2) is 0 Å². The Balaban J connectivity index is 1.18. The number of rotatable bonds is 7. The number of hydrogen-bond acceptors (Lipinski definition) is 5. The summed E-state index contributed by atoms with van der Waals surface area (Å²) in [6.45, 7) is 7.68. The first-order valence-electron chi connectivity index (χ1n) is 10.4. The highest BCUT2D eigenvalue weighted by molar-refractivity contribution is 7.10. The Morgan fingerprint density at radius 3 is 2.59 bits per heavy atom. The van der Waals surface area contributed by atoms with Crippen LogP contribution < -0.4 is 0 Å². The number of piperidine rings is 2. The lowest BCUT2D eigenvalue weighted by atomic mass is 10.1. The molecule has 0 N–H and O–H groups in total. The molecular formula is C22H31N3OS. The van der Waals surface area contributed by atoms with Gasteiger partial charge in [0.25, 0.3) is 0 Å². The fraction of sp³-hybridized carbons (Fsp3) is 0.591. The number of thiophene rings is 1. The van der Waals surface area contributed by atoms with Gasteiger partial charge in [-0.3, -0.25) is 14.8 Å². The Bertz CT molecular complexity index is 676. The average Bonchev–Trinajstić information content (AvgIpc) is 3.16. The fourth-order valence-corrected chi connectivity index (χ4v) is 5.03. The lowest BCUT2D eigenvalue weighted by molar-refractivity contribution is -0.00506. The maximum absolute atomic E-state index is 6.06. The standard InChI is InChI=1S/C22H31N3OS/c1-4-10-24(11-5-1)15-19-14-22(27-18-19)16-25-12-7-21(8-13-25)26-17-20-6-2-3-9-23-20/h2-3,6,9,14,18,21H,1,4-5,7-8,10-13,15-17H2. The van der Waals surface area contributed by atoms with Crippen molar-refractivity contribution >= 4 is 11.3 Å². The Hall–Kier alpha value is -1.27. The van der Waals surface area contributed by atoms with Crippen LogP contribution in [0.1, 0.15) is 48.2 Å². The number of likely N-dealkylation sites (tertiary alicyclic amines) is 2. The van der Waals surface area contributed by atoms with Crippen molar-refractivity contribution in [1.82, 2.24) is 14.8 Å². The quantitative estimate of drug-likeness (QED) is 0.710. The van der Waals surface area contributed by atoms with Crippen LogP contribution in [-0.4, -0.2) is 47.1 Å². The molecule has 4 rings (SSSR count). The van der Waals surface area contributed by atoms with Crippen LogP contribution in [0.5, 0.6) is 0 Å². The molecule has 146 valence electrons. The summed E-state index contributed by atoms with van der Waals surface area (Å²) < 4.78 is 6.06. The Kier molecular flexibility index (Phi) is 6.91. The minimum Gasteiger partial charge on any atom is -0.372 e. The fourth-order valence-electron chi connectivity index (χ4n) is 4.11. The largest absolute Gasteiger partial charge is 0.372 e. The van der Waals surface area contributed by atoms with E-state index in [-0.39, 0.29) is 0 Å². The van der Waals surface area contributed by atoms with E-state index in [0.717, 1.165) is 44.7 Å². The molecule has 0 aromatic carbocycles. The molecule has 0 spiro atoms. The summed E-state index contributed by atoms with van der Waals surface area (Å²) >= 11 is 1.93. The van der Waals surface area contributed by atoms with Crippen LogP contribution in [0, 0.1) is 0 Å². The topological polar surface area (TPSA) is 28.6 Å². The summed E-state index contributed by atoms with van der Waals surface area (Å²) in [6.07, 6.45) is 8.61. The molecule has 2 fully saturated rings. The average molecular weight is 386 g/mol. The third kappa shape index (κ3) is 5.85. The second-order valence-electron chi connectivity index (χ2n) is 7.87. The van der Waals surface area contributed by atoms with E-state index < -0.39 is 0 Å². The normalized spacial score (nSPS) is 20.1. The maximum atomic E-state index is 6.06. The third-order valence-electron chi connectivity index (χ3n) is 5.67. The molecule has 5 heteroatoms. The van der Waals surface area contributed by atoms with Crippen molar-refractivity contribution in [1.29, 1.82) is 0 Å². The molecule has 0 unspecified atom stereocenters. The number of ether oxygens (including phenoxy) is 1. The Morgan fingerprint density at radius 2 is 1.81 bits per heavy atom. The number of hydrogen-bond donors (Lipinski definition) is 0. The molecule has 0 bridgehead atoms. The molecule has 2 aromatic rings. The molecular weight excluding hydrogens is 354 g/mol. The molecule has 2 aliphatic rings. The molecule has 2 aromatic heterocycles. The summed E-state index contributed by atoms with van der Waals surface area (Å²) in [5, 5.41) is 2.37. The maximum Gasteiger partial charge on any atom is 0.0891 e. The van der Waals surface area contributed by atoms with Gasteiger partial charge in [-0.2, -0.15) is 0 Å². The van der Waals surface area contributed by atoms with Crippen LogP contribution >= 0.6 is 11.3 Å². The minimum absolute atomic E-state index is 0.376. The van der Waals surface area contributed by atoms with E-state index in [0.29, 0.717) is 12.7 Å². The van der Waals surface area contributed by atoms with Crippen molar-refractivity contribution in [3.8, 4) is 0 Å². The predicted molar refractivity (Wildman–Crippen MR) is 111 cm³/mol. The molecule has 0 saturated carbocycles. The van der Waals surface area contributed by atoms with E-state index in [1.54, 1.807) is 0 Å². The molecule has 4 heterocycles. The van der Waals surface area contributed by atoms with Gasteiger partial charge in [0.1, 0.15) is 0 Å². The van der Waals surface area contributed by atoms with E-state index in [9.17, 15) is 0 Å².